The number of unbranched alkanes of at least 4 members (excludes halogenated alkanes) is 10. The Morgan fingerprint density at radius 1 is 0.679 bits per heavy atom. The van der Waals surface area contributed by atoms with Crippen molar-refractivity contribution in [3.8, 4) is 0 Å². The van der Waals surface area contributed by atoms with Gasteiger partial charge in [-0.2, -0.15) is 0 Å². The molecule has 168 valence electrons. The molecule has 0 bridgehead atoms. The van der Waals surface area contributed by atoms with E-state index in [1.165, 1.54) is 83.6 Å². The molecule has 1 atom stereocenters. The number of hydrogen-bond donors (Lipinski definition) is 0. The lowest BCUT2D eigenvalue weighted by atomic mass is 9.94. The highest BCUT2D eigenvalue weighted by Crippen LogP contribution is 2.20. The van der Waals surface area contributed by atoms with Gasteiger partial charge in [0, 0.05) is 0 Å². The van der Waals surface area contributed by atoms with E-state index in [9.17, 15) is 4.79 Å². The van der Waals surface area contributed by atoms with Crippen molar-refractivity contribution in [2.45, 2.75) is 124 Å². The molecule has 0 heterocycles. The van der Waals surface area contributed by atoms with Crippen LogP contribution in [0.3, 0.4) is 0 Å². The molecule has 0 radical (unpaired) electrons. The van der Waals surface area contributed by atoms with Gasteiger partial charge in [-0.15, -0.1) is 0 Å². The molecule has 0 fully saturated rings. The van der Waals surface area contributed by atoms with E-state index in [-0.39, 0.29) is 11.9 Å². The van der Waals surface area contributed by atoms with Crippen LogP contribution in [-0.4, -0.2) is 37.6 Å². The standard InChI is InChI=1S/C25H51NO2/c1-5-8-11-13-14-16-20-24(19-15-12-9-6-2)25(27)28-23-18-17-22-26(4)21-10-7-3/h24H,5-23H2,1-4H3. The highest BCUT2D eigenvalue weighted by Gasteiger charge is 2.19. The second kappa shape index (κ2) is 21.1. The topological polar surface area (TPSA) is 29.5 Å². The highest BCUT2D eigenvalue weighted by molar-refractivity contribution is 5.72. The van der Waals surface area contributed by atoms with Crippen molar-refractivity contribution in [3.63, 3.8) is 0 Å². The smallest absolute Gasteiger partial charge is 0.308 e. The van der Waals surface area contributed by atoms with E-state index >= 15 is 0 Å². The number of rotatable bonds is 21. The van der Waals surface area contributed by atoms with E-state index in [1.54, 1.807) is 0 Å². The van der Waals surface area contributed by atoms with E-state index in [1.807, 2.05) is 0 Å². The summed E-state index contributed by atoms with van der Waals surface area (Å²) in [7, 11) is 2.19. The summed E-state index contributed by atoms with van der Waals surface area (Å²) in [6, 6.07) is 0. The third-order valence-corrected chi connectivity index (χ3v) is 5.72. The van der Waals surface area contributed by atoms with Crippen LogP contribution in [0.2, 0.25) is 0 Å². The van der Waals surface area contributed by atoms with Crippen LogP contribution in [0, 0.1) is 5.92 Å². The maximum Gasteiger partial charge on any atom is 0.308 e. The van der Waals surface area contributed by atoms with Crippen LogP contribution >= 0.6 is 0 Å². The zero-order chi connectivity index (χ0) is 20.9. The van der Waals surface area contributed by atoms with E-state index in [0.29, 0.717) is 6.61 Å². The first-order valence-electron chi connectivity index (χ1n) is 12.5. The molecule has 0 aromatic carbocycles. The number of nitrogens with zero attached hydrogens (tertiary/aromatic N) is 1. The first-order valence-corrected chi connectivity index (χ1v) is 12.5. The van der Waals surface area contributed by atoms with Crippen LogP contribution in [-0.2, 0) is 9.53 Å². The lowest BCUT2D eigenvalue weighted by Crippen LogP contribution is -2.22. The Morgan fingerprint density at radius 2 is 1.18 bits per heavy atom. The molecule has 0 spiro atoms. The number of esters is 1. The average molecular weight is 398 g/mol. The molecule has 0 aliphatic carbocycles. The molecule has 0 aliphatic rings. The third kappa shape index (κ3) is 17.5. The van der Waals surface area contributed by atoms with E-state index in [0.717, 1.165) is 32.2 Å². The summed E-state index contributed by atoms with van der Waals surface area (Å²) in [6.07, 6.45) is 19.4. The fourth-order valence-electron chi connectivity index (χ4n) is 3.68. The lowest BCUT2D eigenvalue weighted by molar-refractivity contribution is -0.149. The van der Waals surface area contributed by atoms with Gasteiger partial charge in [-0.3, -0.25) is 4.79 Å². The zero-order valence-corrected chi connectivity index (χ0v) is 19.8. The number of ether oxygens (including phenoxy) is 1. The van der Waals surface area contributed by atoms with Gasteiger partial charge >= 0.3 is 5.97 Å². The Balaban J connectivity index is 4.02. The van der Waals surface area contributed by atoms with Crippen LogP contribution in [0.1, 0.15) is 124 Å². The predicted molar refractivity (Wildman–Crippen MR) is 123 cm³/mol. The van der Waals surface area contributed by atoms with Crippen molar-refractivity contribution in [1.82, 2.24) is 4.90 Å². The van der Waals surface area contributed by atoms with E-state index in [4.69, 9.17) is 4.74 Å². The maximum absolute atomic E-state index is 12.6. The molecule has 0 N–H and O–H groups in total. The zero-order valence-electron chi connectivity index (χ0n) is 19.8. The average Bonchev–Trinajstić information content (AvgIpc) is 2.70. The summed E-state index contributed by atoms with van der Waals surface area (Å²) in [5.74, 6) is 0.208. The van der Waals surface area contributed by atoms with Crippen molar-refractivity contribution in [2.24, 2.45) is 5.92 Å². The molecule has 28 heavy (non-hydrogen) atoms. The fraction of sp³-hybridized carbons (Fsp3) is 0.960. The number of hydrogen-bond acceptors (Lipinski definition) is 3. The first-order chi connectivity index (χ1) is 13.7. The highest BCUT2D eigenvalue weighted by atomic mass is 16.5. The molecular formula is C25H51NO2. The summed E-state index contributed by atoms with van der Waals surface area (Å²) >= 11 is 0. The molecule has 0 saturated carbocycles. The number of carbonyl (C=O) groups excluding carboxylic acids is 1. The molecule has 0 aromatic heterocycles. The van der Waals surface area contributed by atoms with Crippen LogP contribution in [0.15, 0.2) is 0 Å². The summed E-state index contributed by atoms with van der Waals surface area (Å²) in [5.41, 5.74) is 0. The maximum atomic E-state index is 12.6. The largest absolute Gasteiger partial charge is 0.465 e. The molecule has 0 aliphatic heterocycles. The summed E-state index contributed by atoms with van der Waals surface area (Å²) in [5, 5.41) is 0. The second-order valence-corrected chi connectivity index (χ2v) is 8.63. The molecule has 0 amide bonds. The number of carbonyl (C=O) groups is 1. The van der Waals surface area contributed by atoms with E-state index in [2.05, 4.69) is 32.7 Å². The van der Waals surface area contributed by atoms with Gasteiger partial charge in [-0.25, -0.2) is 0 Å². The van der Waals surface area contributed by atoms with Crippen LogP contribution in [0.25, 0.3) is 0 Å². The van der Waals surface area contributed by atoms with Gasteiger partial charge < -0.3 is 9.64 Å². The summed E-state index contributed by atoms with van der Waals surface area (Å²) in [6.45, 7) is 9.61. The Hall–Kier alpha value is -0.570. The molecule has 0 aromatic rings. The Kier molecular flexibility index (Phi) is 20.7. The first kappa shape index (κ1) is 27.4. The third-order valence-electron chi connectivity index (χ3n) is 5.72. The van der Waals surface area contributed by atoms with Gasteiger partial charge in [0.15, 0.2) is 0 Å². The van der Waals surface area contributed by atoms with Crippen LogP contribution < -0.4 is 0 Å². The van der Waals surface area contributed by atoms with Crippen LogP contribution in [0.5, 0.6) is 0 Å². The van der Waals surface area contributed by atoms with E-state index < -0.39 is 0 Å². The molecule has 0 rings (SSSR count). The normalized spacial score (nSPS) is 12.5. The quantitative estimate of drug-likeness (QED) is 0.149. The molecular weight excluding hydrogens is 346 g/mol. The molecule has 1 unspecified atom stereocenters. The monoisotopic (exact) mass is 397 g/mol. The minimum absolute atomic E-state index is 0.0735. The Labute approximate surface area is 177 Å². The van der Waals surface area contributed by atoms with Crippen molar-refractivity contribution in [1.29, 1.82) is 0 Å². The van der Waals surface area contributed by atoms with Gasteiger partial charge in [-0.05, 0) is 52.2 Å². The van der Waals surface area contributed by atoms with Gasteiger partial charge in [0.1, 0.15) is 0 Å². The molecule has 3 nitrogen and oxygen atoms in total. The van der Waals surface area contributed by atoms with Crippen molar-refractivity contribution in [2.75, 3.05) is 26.7 Å². The van der Waals surface area contributed by atoms with Crippen molar-refractivity contribution in [3.05, 3.63) is 0 Å². The predicted octanol–water partition coefficient (Wildman–Crippen LogP) is 7.38. The van der Waals surface area contributed by atoms with Crippen molar-refractivity contribution < 1.29 is 9.53 Å². The Morgan fingerprint density at radius 3 is 1.79 bits per heavy atom. The Bertz CT molecular complexity index is 333. The molecule has 0 saturated heterocycles. The van der Waals surface area contributed by atoms with Crippen molar-refractivity contribution >= 4 is 5.97 Å². The van der Waals surface area contributed by atoms with Crippen LogP contribution in [0.4, 0.5) is 0 Å². The van der Waals surface area contributed by atoms with Gasteiger partial charge in [0.25, 0.3) is 0 Å². The minimum atomic E-state index is 0.0735. The molecule has 3 heteroatoms. The minimum Gasteiger partial charge on any atom is -0.465 e. The van der Waals surface area contributed by atoms with Gasteiger partial charge in [-0.1, -0.05) is 91.4 Å². The van der Waals surface area contributed by atoms with Gasteiger partial charge in [0.05, 0.1) is 12.5 Å². The summed E-state index contributed by atoms with van der Waals surface area (Å²) in [4.78, 5) is 15.0. The summed E-state index contributed by atoms with van der Waals surface area (Å²) < 4.78 is 5.66. The lowest BCUT2D eigenvalue weighted by Gasteiger charge is -2.17. The fourth-order valence-corrected chi connectivity index (χ4v) is 3.68. The van der Waals surface area contributed by atoms with Gasteiger partial charge in [0.2, 0.25) is 0 Å². The second-order valence-electron chi connectivity index (χ2n) is 8.63. The SMILES string of the molecule is CCCCCCCCC(CCCCCC)C(=O)OCCCCN(C)CCCC.